The van der Waals surface area contributed by atoms with E-state index in [0.29, 0.717) is 12.0 Å². The number of rotatable bonds is 5. The van der Waals surface area contributed by atoms with E-state index in [9.17, 15) is 15.0 Å². The first kappa shape index (κ1) is 12.4. The molecule has 0 aliphatic heterocycles. The number of carboxylic acids is 1. The van der Waals surface area contributed by atoms with Crippen molar-refractivity contribution in [2.45, 2.75) is 32.6 Å². The van der Waals surface area contributed by atoms with E-state index >= 15 is 0 Å². The maximum absolute atomic E-state index is 10.8. The summed E-state index contributed by atoms with van der Waals surface area (Å²) in [5, 5.41) is 27.7. The van der Waals surface area contributed by atoms with Crippen molar-refractivity contribution in [3.8, 4) is 11.5 Å². The Morgan fingerprint density at radius 2 is 1.94 bits per heavy atom. The Labute approximate surface area is 94.2 Å². The summed E-state index contributed by atoms with van der Waals surface area (Å²) in [6, 6.07) is 2.47. The van der Waals surface area contributed by atoms with E-state index in [4.69, 9.17) is 5.11 Å². The van der Waals surface area contributed by atoms with Crippen molar-refractivity contribution in [2.75, 3.05) is 0 Å². The minimum Gasteiger partial charge on any atom is -0.504 e. The molecule has 1 aromatic rings. The zero-order valence-corrected chi connectivity index (χ0v) is 9.23. The summed E-state index contributed by atoms with van der Waals surface area (Å²) < 4.78 is 0. The van der Waals surface area contributed by atoms with Crippen LogP contribution < -0.4 is 0 Å². The van der Waals surface area contributed by atoms with E-state index in [1.165, 1.54) is 6.07 Å². The molecule has 0 unspecified atom stereocenters. The van der Waals surface area contributed by atoms with Crippen molar-refractivity contribution in [1.82, 2.24) is 0 Å². The molecule has 0 fully saturated rings. The summed E-state index contributed by atoms with van der Waals surface area (Å²) in [7, 11) is 0. The van der Waals surface area contributed by atoms with Gasteiger partial charge in [0.05, 0.1) is 5.56 Å². The number of unbranched alkanes of at least 4 members (excludes halogenated alkanes) is 2. The van der Waals surface area contributed by atoms with Crippen molar-refractivity contribution in [2.24, 2.45) is 0 Å². The molecule has 1 rings (SSSR count). The molecule has 0 spiro atoms. The Hall–Kier alpha value is -1.71. The maximum Gasteiger partial charge on any atom is 0.335 e. The van der Waals surface area contributed by atoms with Gasteiger partial charge in [-0.25, -0.2) is 4.79 Å². The second-order valence-electron chi connectivity index (χ2n) is 3.77. The molecule has 0 atom stereocenters. The fourth-order valence-corrected chi connectivity index (χ4v) is 1.56. The number of carboxylic acid groups (broad SMARTS) is 1. The molecule has 0 saturated carbocycles. The van der Waals surface area contributed by atoms with E-state index in [2.05, 4.69) is 6.92 Å². The molecular formula is C12H16O4. The van der Waals surface area contributed by atoms with Gasteiger partial charge in [-0.2, -0.15) is 0 Å². The number of phenols is 2. The number of hydrogen-bond acceptors (Lipinski definition) is 3. The van der Waals surface area contributed by atoms with Crippen LogP contribution in [0.15, 0.2) is 12.1 Å². The average Bonchev–Trinajstić information content (AvgIpc) is 2.24. The first-order valence-corrected chi connectivity index (χ1v) is 5.34. The topological polar surface area (TPSA) is 77.8 Å². The van der Waals surface area contributed by atoms with Crippen LogP contribution in [0.25, 0.3) is 0 Å². The Morgan fingerprint density at radius 3 is 2.50 bits per heavy atom. The van der Waals surface area contributed by atoms with Crippen molar-refractivity contribution in [3.63, 3.8) is 0 Å². The Balaban J connectivity index is 2.93. The SMILES string of the molecule is CCCCCc1cc(C(=O)O)cc(O)c1O. The van der Waals surface area contributed by atoms with Crippen LogP contribution in [0, 0.1) is 0 Å². The van der Waals surface area contributed by atoms with Crippen LogP contribution in [0.4, 0.5) is 0 Å². The largest absolute Gasteiger partial charge is 0.504 e. The lowest BCUT2D eigenvalue weighted by Crippen LogP contribution is -1.98. The van der Waals surface area contributed by atoms with Crippen molar-refractivity contribution in [3.05, 3.63) is 23.3 Å². The minimum absolute atomic E-state index is 0.00167. The van der Waals surface area contributed by atoms with Gasteiger partial charge in [-0.1, -0.05) is 19.8 Å². The highest BCUT2D eigenvalue weighted by atomic mass is 16.4. The van der Waals surface area contributed by atoms with Gasteiger partial charge in [0.1, 0.15) is 0 Å². The van der Waals surface area contributed by atoms with Gasteiger partial charge < -0.3 is 15.3 Å². The highest BCUT2D eigenvalue weighted by Gasteiger charge is 2.12. The molecule has 0 aliphatic carbocycles. The monoisotopic (exact) mass is 224 g/mol. The van der Waals surface area contributed by atoms with Gasteiger partial charge >= 0.3 is 5.97 Å². The number of carbonyl (C=O) groups is 1. The fraction of sp³-hybridized carbons (Fsp3) is 0.417. The number of benzene rings is 1. The summed E-state index contributed by atoms with van der Waals surface area (Å²) in [5.41, 5.74) is 0.493. The van der Waals surface area contributed by atoms with Crippen LogP contribution in [0.3, 0.4) is 0 Å². The molecule has 88 valence electrons. The molecule has 4 heteroatoms. The molecule has 3 N–H and O–H groups in total. The van der Waals surface area contributed by atoms with Crippen molar-refractivity contribution >= 4 is 5.97 Å². The third kappa shape index (κ3) is 2.89. The fourth-order valence-electron chi connectivity index (χ4n) is 1.56. The maximum atomic E-state index is 10.8. The number of hydrogen-bond donors (Lipinski definition) is 3. The van der Waals surface area contributed by atoms with E-state index < -0.39 is 5.97 Å². The molecule has 0 radical (unpaired) electrons. The van der Waals surface area contributed by atoms with Gasteiger partial charge in [-0.15, -0.1) is 0 Å². The summed E-state index contributed by atoms with van der Waals surface area (Å²) >= 11 is 0. The molecule has 0 aliphatic rings. The van der Waals surface area contributed by atoms with Gasteiger partial charge in [-0.05, 0) is 30.5 Å². The normalized spacial score (nSPS) is 10.3. The number of aromatic carboxylic acids is 1. The van der Waals surface area contributed by atoms with Gasteiger partial charge in [0.25, 0.3) is 0 Å². The smallest absolute Gasteiger partial charge is 0.335 e. The lowest BCUT2D eigenvalue weighted by molar-refractivity contribution is 0.0696. The number of phenolic OH excluding ortho intramolecular Hbond substituents is 2. The van der Waals surface area contributed by atoms with Crippen LogP contribution in [-0.2, 0) is 6.42 Å². The molecular weight excluding hydrogens is 208 g/mol. The van der Waals surface area contributed by atoms with Crippen molar-refractivity contribution in [1.29, 1.82) is 0 Å². The quantitative estimate of drug-likeness (QED) is 0.530. The van der Waals surface area contributed by atoms with E-state index in [-0.39, 0.29) is 17.1 Å². The zero-order valence-electron chi connectivity index (χ0n) is 9.23. The number of aryl methyl sites for hydroxylation is 1. The third-order valence-corrected chi connectivity index (χ3v) is 2.47. The molecule has 16 heavy (non-hydrogen) atoms. The zero-order chi connectivity index (χ0) is 12.1. The van der Waals surface area contributed by atoms with Crippen LogP contribution in [-0.4, -0.2) is 21.3 Å². The molecule has 4 nitrogen and oxygen atoms in total. The predicted octanol–water partition coefficient (Wildman–Crippen LogP) is 2.53. The molecule has 0 saturated heterocycles. The third-order valence-electron chi connectivity index (χ3n) is 2.47. The van der Waals surface area contributed by atoms with Crippen molar-refractivity contribution < 1.29 is 20.1 Å². The molecule has 1 aromatic carbocycles. The standard InChI is InChI=1S/C12H16O4/c1-2-3-4-5-8-6-9(12(15)16)7-10(13)11(8)14/h6-7,13-14H,2-5H2,1H3,(H,15,16). The molecule has 0 bridgehead atoms. The van der Waals surface area contributed by atoms with Crippen LogP contribution in [0.5, 0.6) is 11.5 Å². The van der Waals surface area contributed by atoms with Gasteiger partial charge in [0.2, 0.25) is 0 Å². The second-order valence-corrected chi connectivity index (χ2v) is 3.77. The van der Waals surface area contributed by atoms with Gasteiger partial charge in [0.15, 0.2) is 11.5 Å². The van der Waals surface area contributed by atoms with Crippen LogP contribution in [0.2, 0.25) is 0 Å². The molecule has 0 aromatic heterocycles. The summed E-state index contributed by atoms with van der Waals surface area (Å²) in [6.45, 7) is 2.06. The van der Waals surface area contributed by atoms with E-state index in [0.717, 1.165) is 25.3 Å². The summed E-state index contributed by atoms with van der Waals surface area (Å²) in [6.07, 6.45) is 3.50. The van der Waals surface area contributed by atoms with E-state index in [1.54, 1.807) is 0 Å². The summed E-state index contributed by atoms with van der Waals surface area (Å²) in [4.78, 5) is 10.8. The molecule has 0 amide bonds. The number of aromatic hydroxyl groups is 2. The first-order chi connectivity index (χ1) is 7.56. The second kappa shape index (κ2) is 5.39. The van der Waals surface area contributed by atoms with Gasteiger partial charge in [0, 0.05) is 0 Å². The Kier molecular flexibility index (Phi) is 4.17. The minimum atomic E-state index is -1.10. The Morgan fingerprint density at radius 1 is 1.25 bits per heavy atom. The van der Waals surface area contributed by atoms with Crippen LogP contribution >= 0.6 is 0 Å². The summed E-state index contributed by atoms with van der Waals surface area (Å²) in [5.74, 6) is -1.68. The highest BCUT2D eigenvalue weighted by Crippen LogP contribution is 2.31. The van der Waals surface area contributed by atoms with Crippen LogP contribution in [0.1, 0.15) is 42.1 Å². The lowest BCUT2D eigenvalue weighted by Gasteiger charge is -2.07. The van der Waals surface area contributed by atoms with E-state index in [1.807, 2.05) is 0 Å². The average molecular weight is 224 g/mol. The Bertz CT molecular complexity index is 385. The molecule has 0 heterocycles. The predicted molar refractivity (Wildman–Crippen MR) is 60.0 cm³/mol. The van der Waals surface area contributed by atoms with Gasteiger partial charge in [-0.3, -0.25) is 0 Å². The lowest BCUT2D eigenvalue weighted by atomic mass is 10.0. The highest BCUT2D eigenvalue weighted by molar-refractivity contribution is 5.88. The first-order valence-electron chi connectivity index (χ1n) is 5.34.